The van der Waals surface area contributed by atoms with Gasteiger partial charge in [-0.05, 0) is 179 Å². The Labute approximate surface area is 925 Å². The van der Waals surface area contributed by atoms with Crippen LogP contribution < -0.4 is 38.5 Å². The quantitative estimate of drug-likeness (QED) is 0.0520. The predicted octanol–water partition coefficient (Wildman–Crippen LogP) is 28.1. The first-order valence-electron chi connectivity index (χ1n) is 49.5. The molecule has 740 valence electrons. The summed E-state index contributed by atoms with van der Waals surface area (Å²) in [6.45, 7) is 8.66. The molecule has 4 fully saturated rings. The largest absolute Gasteiger partial charge is 2.00 e. The van der Waals surface area contributed by atoms with Crippen molar-refractivity contribution in [3.8, 4) is 114 Å². The molecule has 0 spiro atoms. The number of hydrogen-bond donors (Lipinski definition) is 0. The number of benzene rings is 12. The van der Waals surface area contributed by atoms with Gasteiger partial charge in [-0.25, -0.2) is 84.4 Å². The van der Waals surface area contributed by atoms with Crippen molar-refractivity contribution in [3.63, 3.8) is 0 Å². The number of piperidine rings is 1. The van der Waals surface area contributed by atoms with Crippen molar-refractivity contribution in [1.82, 2.24) is 58.1 Å². The summed E-state index contributed by atoms with van der Waals surface area (Å²) in [7, 11) is 0. The van der Waals surface area contributed by atoms with Crippen molar-refractivity contribution in [2.24, 2.45) is 0 Å². The zero-order valence-corrected chi connectivity index (χ0v) is 90.0. The Morgan fingerprint density at radius 1 is 0.180 bits per heavy atom. The van der Waals surface area contributed by atoms with Gasteiger partial charge >= 0.3 is 84.3 Å². The number of fused-ring (bicyclic) bond motifs is 12. The minimum Gasteiger partial charge on any atom is -0.460 e. The molecule has 4 aliphatic rings. The number of anilines is 4. The second kappa shape index (κ2) is 45.5. The van der Waals surface area contributed by atoms with Crippen molar-refractivity contribution < 1.29 is 103 Å². The van der Waals surface area contributed by atoms with Crippen LogP contribution in [0.1, 0.15) is 38.5 Å². The molecular weight excluding hydrogens is 2580 g/mol. The molecule has 0 aliphatic carbocycles. The Morgan fingerprint density at radius 2 is 0.413 bits per heavy atom. The number of pyridine rings is 8. The van der Waals surface area contributed by atoms with Gasteiger partial charge in [-0.2, -0.15) is 97.1 Å². The molecule has 0 saturated carbocycles. The summed E-state index contributed by atoms with van der Waals surface area (Å²) in [6.07, 6.45) is 21.9. The maximum Gasteiger partial charge on any atom is 2.00 e. The molecule has 0 radical (unpaired) electrons. The van der Waals surface area contributed by atoms with E-state index in [0.29, 0.717) is 46.5 Å². The van der Waals surface area contributed by atoms with Crippen LogP contribution in [0.2, 0.25) is 0 Å². The Hall–Kier alpha value is -15.8. The van der Waals surface area contributed by atoms with Crippen LogP contribution in [-0.2, 0) is 84.3 Å². The van der Waals surface area contributed by atoms with E-state index in [-0.39, 0.29) is 84.3 Å². The fourth-order valence-electron chi connectivity index (χ4n) is 19.8. The van der Waals surface area contributed by atoms with Gasteiger partial charge in [-0.1, -0.05) is 119 Å². The van der Waals surface area contributed by atoms with Crippen molar-refractivity contribution in [3.05, 3.63) is 438 Å². The fraction of sp³-hybridized carbons (Fsp3) is 0.111. The summed E-state index contributed by atoms with van der Waals surface area (Å²) >= 11 is 0. The van der Waals surface area contributed by atoms with Gasteiger partial charge < -0.3 is 56.8 Å². The molecule has 16 heterocycles. The molecule has 4 saturated heterocycles. The van der Waals surface area contributed by atoms with Gasteiger partial charge in [-0.3, -0.25) is 0 Å². The molecule has 0 unspecified atom stereocenters. The van der Waals surface area contributed by atoms with E-state index in [1.54, 1.807) is 12.4 Å². The number of rotatable bonds is 20. The Balaban J connectivity index is 0.000000116. The van der Waals surface area contributed by atoms with E-state index in [1.165, 1.54) is 60.1 Å². The van der Waals surface area contributed by atoms with E-state index < -0.39 is 0 Å². The van der Waals surface area contributed by atoms with Crippen LogP contribution in [-0.4, -0.2) is 110 Å². The minimum absolute atomic E-state index is 0. The van der Waals surface area contributed by atoms with Gasteiger partial charge in [0, 0.05) is 194 Å². The molecule has 150 heavy (non-hydrogen) atoms. The zero-order valence-electron chi connectivity index (χ0n) is 80.9. The topological polar surface area (TPSA) is 172 Å². The number of para-hydroxylation sites is 4. The average Bonchev–Trinajstić information content (AvgIpc) is 1.60. The molecule has 0 bridgehead atoms. The zero-order chi connectivity index (χ0) is 97.0. The van der Waals surface area contributed by atoms with Crippen molar-refractivity contribution >= 4 is 110 Å². The number of nitrogens with zero attached hydrogens (tertiary/aromatic N) is 16. The summed E-state index contributed by atoms with van der Waals surface area (Å²) in [5.74, 6) is 8.27. The second-order valence-electron chi connectivity index (χ2n) is 36.3. The number of aromatic nitrogens is 12. The summed E-state index contributed by atoms with van der Waals surface area (Å²) in [5, 5.41) is 9.26. The Morgan fingerprint density at radius 3 is 0.653 bits per heavy atom. The predicted molar refractivity (Wildman–Crippen MR) is 581 cm³/mol. The van der Waals surface area contributed by atoms with Crippen LogP contribution in [0.15, 0.2) is 389 Å². The van der Waals surface area contributed by atoms with E-state index in [9.17, 15) is 0 Å². The summed E-state index contributed by atoms with van der Waals surface area (Å²) in [5.41, 5.74) is 20.3. The SMILES string of the molecule is [Pt+2].[Pt+2].[Pt+2].[Pt+2].[c-]1c(Oc2cc(N3CC3)ccn2)cccc1-c1[c-]c2c(cc1)c1ccccc1n2-c1ccccn1.[c-]1c(Oc2cc(N3CCC3)ccn2)cccc1-c1[c-]c2c(cc1)c1ccccc1n2-c1ccccn1.[c-]1c(Oc2cc(N3CCCC3)ccn2)cccc1-c1[c-]c2c(cc1)c1ccccc1n2-c1ccccn1.[c-]1c(Oc2cc(N3CCCCC3)ccn2)cccc1-c1[c-]c2c(cc1)c1ccccc1n2-c1ccccn1. The van der Waals surface area contributed by atoms with Gasteiger partial charge in [0.15, 0.2) is 0 Å². The van der Waals surface area contributed by atoms with E-state index in [4.69, 9.17) is 18.9 Å². The molecule has 20 nitrogen and oxygen atoms in total. The third-order valence-corrected chi connectivity index (χ3v) is 27.0. The molecule has 12 aromatic heterocycles. The maximum atomic E-state index is 6.18. The summed E-state index contributed by atoms with van der Waals surface area (Å²) < 4.78 is 33.2. The third kappa shape index (κ3) is 21.1. The van der Waals surface area contributed by atoms with E-state index >= 15 is 0 Å². The van der Waals surface area contributed by atoms with Crippen LogP contribution in [0.4, 0.5) is 22.7 Å². The van der Waals surface area contributed by atoms with Gasteiger partial charge in [0.1, 0.15) is 23.3 Å². The smallest absolute Gasteiger partial charge is 0.460 e. The van der Waals surface area contributed by atoms with Crippen LogP contribution in [0.3, 0.4) is 0 Å². The van der Waals surface area contributed by atoms with Crippen molar-refractivity contribution in [2.45, 2.75) is 38.5 Å². The normalized spacial score (nSPS) is 13.0. The molecule has 28 rings (SSSR count). The molecule has 0 atom stereocenters. The van der Waals surface area contributed by atoms with E-state index in [1.807, 2.05) is 225 Å². The van der Waals surface area contributed by atoms with Gasteiger partial charge in [0.2, 0.25) is 23.5 Å². The Kier molecular flexibility index (Phi) is 30.4. The number of ether oxygens (including phenoxy) is 4. The summed E-state index contributed by atoms with van der Waals surface area (Å²) in [6, 6.07) is 143. The first kappa shape index (κ1) is 100. The van der Waals surface area contributed by atoms with E-state index in [0.717, 1.165) is 209 Å². The molecular formula is C126H92N16O4Pt4. The van der Waals surface area contributed by atoms with Crippen LogP contribution in [0.25, 0.3) is 155 Å². The second-order valence-corrected chi connectivity index (χ2v) is 36.3. The standard InChI is InChI=1S/C33H26N4O.C32H24N4O.C31H22N4O.C30H20N4O.4Pt/c1-6-19-36(20-7-1)26-16-18-35-33(23-26)38-27-10-8-9-24(21-27)25-14-15-29-28-11-2-3-12-30(28)37(31(29)22-25)32-13-4-5-17-34-32;1-2-11-29-27(10-1)28-14-13-24(21-30(28)36(29)31-12-3-4-16-33-31)23-8-7-9-26(20-23)37-32-22-25(15-17-34-32)35-18-5-6-19-35;1-2-10-28-26(9-1)27-13-12-23(20-29(27)35(28)30-11-3-4-15-32-30)22-7-5-8-25(19-22)36-31-21-24(14-16-33-31)34-17-6-18-34;1-2-9-27-25(8-1)26-12-11-22(19-28(26)34(27)29-10-3-4-14-31-29)21-6-5-7-24(18-21)35-30-20-23(13-15-32-30)33-16-17-33;;;;/h2-5,8-18,23H,1,6-7,19-20H2;1-4,7-17,22H,5-6,18-19H2;1-5,7-16,21H,6,17-18H2;1-15,20H,16-17H2;;;;/q4*-2;4*+2. The molecule has 4 aliphatic heterocycles. The maximum absolute atomic E-state index is 6.18. The number of hydrogen-bond acceptors (Lipinski definition) is 16. The van der Waals surface area contributed by atoms with Crippen molar-refractivity contribution in [2.75, 3.05) is 72.0 Å². The minimum atomic E-state index is 0. The van der Waals surface area contributed by atoms with Gasteiger partial charge in [-0.15, -0.1) is 72.8 Å². The molecule has 0 amide bonds. The monoisotopic (exact) mass is 2670 g/mol. The average molecular weight is 2670 g/mol. The Bertz CT molecular complexity index is 8930. The molecule has 12 aromatic carbocycles. The first-order chi connectivity index (χ1) is 72.3. The fourth-order valence-corrected chi connectivity index (χ4v) is 19.8. The van der Waals surface area contributed by atoms with Crippen LogP contribution in [0.5, 0.6) is 46.5 Å². The first-order valence-corrected chi connectivity index (χ1v) is 49.5. The van der Waals surface area contributed by atoms with Gasteiger partial charge in [0.05, 0.1) is 0 Å². The van der Waals surface area contributed by atoms with E-state index in [2.05, 4.69) is 278 Å². The molecule has 24 aromatic rings. The van der Waals surface area contributed by atoms with Crippen LogP contribution >= 0.6 is 0 Å². The summed E-state index contributed by atoms with van der Waals surface area (Å²) in [4.78, 5) is 45.5. The van der Waals surface area contributed by atoms with Crippen LogP contribution in [0, 0.1) is 48.5 Å². The third-order valence-electron chi connectivity index (χ3n) is 27.0. The molecule has 24 heteroatoms. The van der Waals surface area contributed by atoms with Gasteiger partial charge in [0.25, 0.3) is 0 Å². The van der Waals surface area contributed by atoms with Crippen molar-refractivity contribution in [1.29, 1.82) is 0 Å². The molecule has 0 N–H and O–H groups in total.